The third kappa shape index (κ3) is 3.22. The molecule has 2 aliphatic rings. The Morgan fingerprint density at radius 3 is 2.75 bits per heavy atom. The quantitative estimate of drug-likeness (QED) is 0.652. The van der Waals surface area contributed by atoms with Gasteiger partial charge in [0.25, 0.3) is 5.91 Å². The number of urea groups is 1. The fraction of sp³-hybridized carbons (Fsp3) is 0.556. The molecule has 24 heavy (non-hydrogen) atoms. The van der Waals surface area contributed by atoms with Crippen LogP contribution in [0.5, 0.6) is 5.75 Å². The van der Waals surface area contributed by atoms with Crippen LogP contribution in [0.3, 0.4) is 0 Å². The summed E-state index contributed by atoms with van der Waals surface area (Å²) in [7, 11) is 0. The van der Waals surface area contributed by atoms with Gasteiger partial charge in [-0.25, -0.2) is 4.79 Å². The summed E-state index contributed by atoms with van der Waals surface area (Å²) in [5.41, 5.74) is -0.674. The highest BCUT2D eigenvalue weighted by molar-refractivity contribution is 6.30. The molecule has 1 N–H and O–H groups in total. The predicted molar refractivity (Wildman–Crippen MR) is 92.2 cm³/mol. The van der Waals surface area contributed by atoms with E-state index < -0.39 is 5.54 Å². The second kappa shape index (κ2) is 7.01. The van der Waals surface area contributed by atoms with Crippen molar-refractivity contribution in [2.75, 3.05) is 13.2 Å². The molecule has 3 rings (SSSR count). The Balaban J connectivity index is 1.53. The first-order valence-electron chi connectivity index (χ1n) is 8.55. The van der Waals surface area contributed by atoms with E-state index in [1.54, 1.807) is 24.3 Å². The lowest BCUT2D eigenvalue weighted by Gasteiger charge is -2.36. The second-order valence-electron chi connectivity index (χ2n) is 6.66. The lowest BCUT2D eigenvalue weighted by atomic mass is 9.73. The average molecular weight is 351 g/mol. The Morgan fingerprint density at radius 1 is 1.29 bits per heavy atom. The molecule has 130 valence electrons. The number of benzene rings is 1. The highest BCUT2D eigenvalue weighted by atomic mass is 35.5. The molecule has 2 atom stereocenters. The Morgan fingerprint density at radius 2 is 2.04 bits per heavy atom. The summed E-state index contributed by atoms with van der Waals surface area (Å²) < 4.78 is 5.62. The van der Waals surface area contributed by atoms with Crippen molar-refractivity contribution in [1.82, 2.24) is 10.2 Å². The van der Waals surface area contributed by atoms with Gasteiger partial charge in [0.1, 0.15) is 11.3 Å². The topological polar surface area (TPSA) is 58.6 Å². The molecule has 1 spiro atoms. The molecule has 6 heteroatoms. The van der Waals surface area contributed by atoms with Crippen molar-refractivity contribution in [3.8, 4) is 5.75 Å². The van der Waals surface area contributed by atoms with E-state index in [1.165, 1.54) is 4.90 Å². The Bertz CT molecular complexity index is 619. The van der Waals surface area contributed by atoms with E-state index in [0.717, 1.165) is 31.4 Å². The number of amides is 3. The Hall–Kier alpha value is -1.75. The minimum absolute atomic E-state index is 0.0637. The van der Waals surface area contributed by atoms with E-state index in [0.29, 0.717) is 24.6 Å². The average Bonchev–Trinajstić information content (AvgIpc) is 2.80. The summed E-state index contributed by atoms with van der Waals surface area (Å²) in [6.45, 7) is 2.89. The molecule has 1 aliphatic carbocycles. The van der Waals surface area contributed by atoms with Gasteiger partial charge in [-0.15, -0.1) is 0 Å². The number of imide groups is 1. The van der Waals surface area contributed by atoms with Gasteiger partial charge in [-0.05, 0) is 49.4 Å². The molecule has 1 saturated heterocycles. The smallest absolute Gasteiger partial charge is 0.325 e. The number of ether oxygens (including phenoxy) is 1. The van der Waals surface area contributed by atoms with E-state index in [2.05, 4.69) is 12.2 Å². The van der Waals surface area contributed by atoms with Crippen molar-refractivity contribution in [2.45, 2.75) is 44.6 Å². The largest absolute Gasteiger partial charge is 0.494 e. The van der Waals surface area contributed by atoms with Gasteiger partial charge in [-0.2, -0.15) is 0 Å². The minimum Gasteiger partial charge on any atom is -0.494 e. The number of rotatable bonds is 5. The molecule has 2 fully saturated rings. The highest BCUT2D eigenvalue weighted by Gasteiger charge is 2.54. The maximum atomic E-state index is 12.8. The SMILES string of the molecule is C[C@H]1CCCC[C@@]12NC(=O)N(CCCOc1ccc(Cl)cc1)C2=O. The molecule has 0 bridgehead atoms. The zero-order chi connectivity index (χ0) is 17.2. The van der Waals surface area contributed by atoms with Crippen LogP contribution >= 0.6 is 11.6 Å². The van der Waals surface area contributed by atoms with Crippen molar-refractivity contribution in [1.29, 1.82) is 0 Å². The summed E-state index contributed by atoms with van der Waals surface area (Å²) >= 11 is 5.83. The van der Waals surface area contributed by atoms with Gasteiger partial charge >= 0.3 is 6.03 Å². The van der Waals surface area contributed by atoms with Crippen LogP contribution in [0.15, 0.2) is 24.3 Å². The molecular formula is C18H23ClN2O3. The molecule has 1 saturated carbocycles. The molecular weight excluding hydrogens is 328 g/mol. The van der Waals surface area contributed by atoms with Gasteiger partial charge in [-0.3, -0.25) is 9.69 Å². The van der Waals surface area contributed by atoms with Crippen LogP contribution in [0.2, 0.25) is 5.02 Å². The molecule has 3 amide bonds. The lowest BCUT2D eigenvalue weighted by Crippen LogP contribution is -2.53. The number of carbonyl (C=O) groups excluding carboxylic acids is 2. The fourth-order valence-corrected chi connectivity index (χ4v) is 3.77. The van der Waals surface area contributed by atoms with Crippen LogP contribution in [-0.2, 0) is 4.79 Å². The first-order chi connectivity index (χ1) is 11.5. The van der Waals surface area contributed by atoms with Crippen molar-refractivity contribution < 1.29 is 14.3 Å². The Kier molecular flexibility index (Phi) is 4.99. The first-order valence-corrected chi connectivity index (χ1v) is 8.93. The Labute approximate surface area is 147 Å². The first kappa shape index (κ1) is 17.1. The number of nitrogens with zero attached hydrogens (tertiary/aromatic N) is 1. The van der Waals surface area contributed by atoms with E-state index in [1.807, 2.05) is 0 Å². The van der Waals surface area contributed by atoms with E-state index in [-0.39, 0.29) is 17.9 Å². The highest BCUT2D eigenvalue weighted by Crippen LogP contribution is 2.38. The molecule has 1 aromatic carbocycles. The number of carbonyl (C=O) groups is 2. The van der Waals surface area contributed by atoms with Gasteiger partial charge in [0, 0.05) is 11.6 Å². The second-order valence-corrected chi connectivity index (χ2v) is 7.10. The zero-order valence-corrected chi connectivity index (χ0v) is 14.6. The summed E-state index contributed by atoms with van der Waals surface area (Å²) in [6, 6.07) is 6.87. The van der Waals surface area contributed by atoms with Gasteiger partial charge < -0.3 is 10.1 Å². The molecule has 1 aromatic rings. The van der Waals surface area contributed by atoms with Gasteiger partial charge in [0.2, 0.25) is 0 Å². The standard InChI is InChI=1S/C18H23ClN2O3/c1-13-5-2-3-10-18(13)16(22)21(17(23)20-18)11-4-12-24-15-8-6-14(19)7-9-15/h6-9,13H,2-5,10-12H2,1H3,(H,20,23)/t13-,18+/m0/s1. The fourth-order valence-electron chi connectivity index (χ4n) is 3.64. The molecule has 0 unspecified atom stereocenters. The summed E-state index contributed by atoms with van der Waals surface area (Å²) in [6.07, 6.45) is 4.45. The molecule has 0 aromatic heterocycles. The van der Waals surface area contributed by atoms with Crippen LogP contribution in [0, 0.1) is 5.92 Å². The number of hydrogen-bond donors (Lipinski definition) is 1. The monoisotopic (exact) mass is 350 g/mol. The third-order valence-corrected chi connectivity index (χ3v) is 5.36. The third-order valence-electron chi connectivity index (χ3n) is 5.11. The molecule has 1 heterocycles. The van der Waals surface area contributed by atoms with Crippen molar-refractivity contribution >= 4 is 23.5 Å². The van der Waals surface area contributed by atoms with Gasteiger partial charge in [0.15, 0.2) is 0 Å². The zero-order valence-electron chi connectivity index (χ0n) is 13.9. The maximum absolute atomic E-state index is 12.8. The number of nitrogens with one attached hydrogen (secondary N) is 1. The summed E-state index contributed by atoms with van der Waals surface area (Å²) in [5, 5.41) is 3.63. The van der Waals surface area contributed by atoms with Crippen LogP contribution < -0.4 is 10.1 Å². The van der Waals surface area contributed by atoms with E-state index in [9.17, 15) is 9.59 Å². The summed E-state index contributed by atoms with van der Waals surface area (Å²) in [4.78, 5) is 26.4. The van der Waals surface area contributed by atoms with E-state index in [4.69, 9.17) is 16.3 Å². The summed E-state index contributed by atoms with van der Waals surface area (Å²) in [5.74, 6) is 0.859. The normalized spacial score (nSPS) is 26.8. The van der Waals surface area contributed by atoms with Crippen molar-refractivity contribution in [3.63, 3.8) is 0 Å². The van der Waals surface area contributed by atoms with Crippen LogP contribution in [-0.4, -0.2) is 35.5 Å². The maximum Gasteiger partial charge on any atom is 0.325 e. The molecule has 5 nitrogen and oxygen atoms in total. The predicted octanol–water partition coefficient (Wildman–Crippen LogP) is 3.61. The minimum atomic E-state index is -0.674. The van der Waals surface area contributed by atoms with Crippen molar-refractivity contribution in [2.24, 2.45) is 5.92 Å². The van der Waals surface area contributed by atoms with Gasteiger partial charge in [0.05, 0.1) is 6.61 Å². The van der Waals surface area contributed by atoms with Crippen molar-refractivity contribution in [3.05, 3.63) is 29.3 Å². The van der Waals surface area contributed by atoms with Crippen LogP contribution in [0.1, 0.15) is 39.0 Å². The molecule has 1 aliphatic heterocycles. The van der Waals surface area contributed by atoms with E-state index >= 15 is 0 Å². The van der Waals surface area contributed by atoms with Crippen LogP contribution in [0.25, 0.3) is 0 Å². The lowest BCUT2D eigenvalue weighted by molar-refractivity contribution is -0.134. The van der Waals surface area contributed by atoms with Gasteiger partial charge in [-0.1, -0.05) is 31.4 Å². The van der Waals surface area contributed by atoms with Crippen LogP contribution in [0.4, 0.5) is 4.79 Å². The molecule has 0 radical (unpaired) electrons. The number of halogens is 1. The number of hydrogen-bond acceptors (Lipinski definition) is 3.